The number of fused-ring (bicyclic) bond motifs is 1. The molecule has 0 amide bonds. The molecule has 19 heavy (non-hydrogen) atoms. The predicted molar refractivity (Wildman–Crippen MR) is 77.6 cm³/mol. The molecule has 1 fully saturated rings. The van der Waals surface area contributed by atoms with Gasteiger partial charge in [0.1, 0.15) is 12.4 Å². The Balaban J connectivity index is 1.61. The van der Waals surface area contributed by atoms with E-state index in [4.69, 9.17) is 10.5 Å². The lowest BCUT2D eigenvalue weighted by atomic mass is 9.88. The van der Waals surface area contributed by atoms with Crippen LogP contribution in [0.15, 0.2) is 18.2 Å². The van der Waals surface area contributed by atoms with Crippen LogP contribution in [0.1, 0.15) is 30.4 Å². The molecule has 3 nitrogen and oxygen atoms in total. The first kappa shape index (κ1) is 12.9. The summed E-state index contributed by atoms with van der Waals surface area (Å²) in [5, 5.41) is 0. The van der Waals surface area contributed by atoms with E-state index in [1.165, 1.54) is 37.1 Å². The Morgan fingerprint density at radius 1 is 1.26 bits per heavy atom. The highest BCUT2D eigenvalue weighted by atomic mass is 16.5. The van der Waals surface area contributed by atoms with Gasteiger partial charge in [-0.3, -0.25) is 4.90 Å². The minimum Gasteiger partial charge on any atom is -0.492 e. The second-order valence-electron chi connectivity index (χ2n) is 5.79. The molecule has 1 aromatic rings. The van der Waals surface area contributed by atoms with Gasteiger partial charge in [-0.25, -0.2) is 0 Å². The molecule has 104 valence electrons. The van der Waals surface area contributed by atoms with Gasteiger partial charge in [-0.2, -0.15) is 0 Å². The molecule has 0 spiro atoms. The van der Waals surface area contributed by atoms with E-state index in [0.717, 1.165) is 38.2 Å². The molecule has 3 rings (SSSR count). The Kier molecular flexibility index (Phi) is 4.04. The van der Waals surface area contributed by atoms with Gasteiger partial charge in [-0.05, 0) is 62.4 Å². The molecule has 1 saturated heterocycles. The second-order valence-corrected chi connectivity index (χ2v) is 5.79. The Morgan fingerprint density at radius 2 is 2.11 bits per heavy atom. The molecule has 1 atom stereocenters. The average Bonchev–Trinajstić information content (AvgIpc) is 2.92. The molecule has 3 heteroatoms. The van der Waals surface area contributed by atoms with Crippen LogP contribution < -0.4 is 10.5 Å². The lowest BCUT2D eigenvalue weighted by Crippen LogP contribution is -2.29. The number of hydrogen-bond donors (Lipinski definition) is 1. The number of benzene rings is 1. The van der Waals surface area contributed by atoms with E-state index < -0.39 is 0 Å². The Labute approximate surface area is 115 Å². The largest absolute Gasteiger partial charge is 0.492 e. The van der Waals surface area contributed by atoms with E-state index in [-0.39, 0.29) is 0 Å². The highest BCUT2D eigenvalue weighted by Gasteiger charge is 2.19. The molecule has 0 radical (unpaired) electrons. The SMILES string of the molecule is N[C@@H]1CCc2cccc(OCCN3CCCC3)c2C1. The van der Waals surface area contributed by atoms with Crippen LogP contribution in [-0.4, -0.2) is 37.2 Å². The molecule has 0 unspecified atom stereocenters. The lowest BCUT2D eigenvalue weighted by Gasteiger charge is -2.24. The van der Waals surface area contributed by atoms with Crippen LogP contribution in [0.5, 0.6) is 5.75 Å². The number of hydrogen-bond acceptors (Lipinski definition) is 3. The molecular formula is C16H24N2O. The van der Waals surface area contributed by atoms with Gasteiger partial charge in [-0.15, -0.1) is 0 Å². The summed E-state index contributed by atoms with van der Waals surface area (Å²) in [6.45, 7) is 4.32. The zero-order valence-electron chi connectivity index (χ0n) is 11.6. The summed E-state index contributed by atoms with van der Waals surface area (Å²) in [5.41, 5.74) is 8.86. The molecule has 0 saturated carbocycles. The minimum absolute atomic E-state index is 0.302. The lowest BCUT2D eigenvalue weighted by molar-refractivity contribution is 0.235. The number of rotatable bonds is 4. The van der Waals surface area contributed by atoms with Crippen molar-refractivity contribution < 1.29 is 4.74 Å². The normalized spacial score (nSPS) is 23.3. The van der Waals surface area contributed by atoms with Crippen LogP contribution in [0.2, 0.25) is 0 Å². The van der Waals surface area contributed by atoms with Crippen molar-refractivity contribution in [3.05, 3.63) is 29.3 Å². The molecule has 1 heterocycles. The highest BCUT2D eigenvalue weighted by molar-refractivity contribution is 5.42. The fourth-order valence-electron chi connectivity index (χ4n) is 3.21. The molecule has 2 aliphatic rings. The number of nitrogens with zero attached hydrogens (tertiary/aromatic N) is 1. The smallest absolute Gasteiger partial charge is 0.122 e. The third kappa shape index (κ3) is 3.10. The number of nitrogens with two attached hydrogens (primary N) is 1. The van der Waals surface area contributed by atoms with Gasteiger partial charge in [0.05, 0.1) is 0 Å². The van der Waals surface area contributed by atoms with Crippen molar-refractivity contribution in [2.45, 2.75) is 38.1 Å². The molecule has 1 aliphatic heterocycles. The van der Waals surface area contributed by atoms with Crippen molar-refractivity contribution in [1.29, 1.82) is 0 Å². The summed E-state index contributed by atoms with van der Waals surface area (Å²) in [5.74, 6) is 1.06. The molecule has 1 aromatic carbocycles. The number of ether oxygens (including phenoxy) is 1. The third-order valence-corrected chi connectivity index (χ3v) is 4.34. The summed E-state index contributed by atoms with van der Waals surface area (Å²) < 4.78 is 6.02. The maximum atomic E-state index is 6.08. The van der Waals surface area contributed by atoms with Crippen molar-refractivity contribution in [3.63, 3.8) is 0 Å². The first-order valence-electron chi connectivity index (χ1n) is 7.54. The molecule has 1 aliphatic carbocycles. The number of aryl methyl sites for hydroxylation is 1. The van der Waals surface area contributed by atoms with E-state index in [2.05, 4.69) is 23.1 Å². The Morgan fingerprint density at radius 3 is 2.95 bits per heavy atom. The van der Waals surface area contributed by atoms with Crippen molar-refractivity contribution in [2.75, 3.05) is 26.2 Å². The van der Waals surface area contributed by atoms with Gasteiger partial charge in [-0.1, -0.05) is 12.1 Å². The van der Waals surface area contributed by atoms with Crippen molar-refractivity contribution >= 4 is 0 Å². The summed E-state index contributed by atoms with van der Waals surface area (Å²) in [6, 6.07) is 6.73. The van der Waals surface area contributed by atoms with Gasteiger partial charge in [0.25, 0.3) is 0 Å². The van der Waals surface area contributed by atoms with Gasteiger partial charge in [0, 0.05) is 12.6 Å². The van der Waals surface area contributed by atoms with Gasteiger partial charge >= 0.3 is 0 Å². The predicted octanol–water partition coefficient (Wildman–Crippen LogP) is 1.98. The maximum Gasteiger partial charge on any atom is 0.122 e. The van der Waals surface area contributed by atoms with Crippen LogP contribution in [0, 0.1) is 0 Å². The Bertz CT molecular complexity index is 427. The van der Waals surface area contributed by atoms with Gasteiger partial charge in [0.15, 0.2) is 0 Å². The topological polar surface area (TPSA) is 38.5 Å². The van der Waals surface area contributed by atoms with Gasteiger partial charge < -0.3 is 10.5 Å². The fourth-order valence-corrected chi connectivity index (χ4v) is 3.21. The Hall–Kier alpha value is -1.06. The van der Waals surface area contributed by atoms with E-state index in [9.17, 15) is 0 Å². The summed E-state index contributed by atoms with van der Waals surface area (Å²) in [4.78, 5) is 2.49. The highest BCUT2D eigenvalue weighted by Crippen LogP contribution is 2.29. The second kappa shape index (κ2) is 5.93. The monoisotopic (exact) mass is 260 g/mol. The third-order valence-electron chi connectivity index (χ3n) is 4.34. The van der Waals surface area contributed by atoms with E-state index >= 15 is 0 Å². The molecule has 0 bridgehead atoms. The van der Waals surface area contributed by atoms with E-state index in [1.807, 2.05) is 0 Å². The van der Waals surface area contributed by atoms with E-state index in [1.54, 1.807) is 0 Å². The molecule has 2 N–H and O–H groups in total. The van der Waals surface area contributed by atoms with Crippen molar-refractivity contribution in [2.24, 2.45) is 5.73 Å². The summed E-state index contributed by atoms with van der Waals surface area (Å²) >= 11 is 0. The molecule has 0 aromatic heterocycles. The van der Waals surface area contributed by atoms with Crippen LogP contribution in [-0.2, 0) is 12.8 Å². The maximum absolute atomic E-state index is 6.08. The zero-order chi connectivity index (χ0) is 13.1. The zero-order valence-corrected chi connectivity index (χ0v) is 11.6. The summed E-state index contributed by atoms with van der Waals surface area (Å²) in [7, 11) is 0. The number of likely N-dealkylation sites (tertiary alicyclic amines) is 1. The average molecular weight is 260 g/mol. The minimum atomic E-state index is 0.302. The fraction of sp³-hybridized carbons (Fsp3) is 0.625. The van der Waals surface area contributed by atoms with Crippen molar-refractivity contribution in [1.82, 2.24) is 4.90 Å². The van der Waals surface area contributed by atoms with E-state index in [0.29, 0.717) is 6.04 Å². The standard InChI is InChI=1S/C16H24N2O/c17-14-7-6-13-4-3-5-16(15(13)12-14)19-11-10-18-8-1-2-9-18/h3-5,14H,1-2,6-12,17H2/t14-/m1/s1. The van der Waals surface area contributed by atoms with Gasteiger partial charge in [0.2, 0.25) is 0 Å². The molecular weight excluding hydrogens is 236 g/mol. The van der Waals surface area contributed by atoms with Crippen LogP contribution in [0.3, 0.4) is 0 Å². The van der Waals surface area contributed by atoms with Crippen LogP contribution in [0.4, 0.5) is 0 Å². The first-order valence-corrected chi connectivity index (χ1v) is 7.54. The van der Waals surface area contributed by atoms with Crippen LogP contribution in [0.25, 0.3) is 0 Å². The quantitative estimate of drug-likeness (QED) is 0.899. The first-order chi connectivity index (χ1) is 9.33. The summed E-state index contributed by atoms with van der Waals surface area (Å²) in [6.07, 6.45) is 5.85. The van der Waals surface area contributed by atoms with Crippen LogP contribution >= 0.6 is 0 Å². The van der Waals surface area contributed by atoms with Crippen molar-refractivity contribution in [3.8, 4) is 5.75 Å².